The Morgan fingerprint density at radius 1 is 1.04 bits per heavy atom. The van der Waals surface area contributed by atoms with E-state index >= 15 is 0 Å². The maximum Gasteiger partial charge on any atom is 0.271 e. The van der Waals surface area contributed by atoms with E-state index in [2.05, 4.69) is 22.8 Å². The molecule has 2 aromatic rings. The summed E-state index contributed by atoms with van der Waals surface area (Å²) >= 11 is 0. The molecule has 0 saturated heterocycles. The van der Waals surface area contributed by atoms with Gasteiger partial charge < -0.3 is 4.74 Å². The van der Waals surface area contributed by atoms with E-state index in [4.69, 9.17) is 4.74 Å². The quantitative estimate of drug-likeness (QED) is 0.633. The van der Waals surface area contributed by atoms with Crippen LogP contribution in [-0.4, -0.2) is 23.4 Å². The molecule has 2 rings (SSSR count). The molecule has 2 N–H and O–H groups in total. The van der Waals surface area contributed by atoms with Crippen LogP contribution >= 0.6 is 0 Å². The van der Waals surface area contributed by atoms with Crippen LogP contribution in [0.3, 0.4) is 0 Å². The molecule has 1 aromatic heterocycles. The summed E-state index contributed by atoms with van der Waals surface area (Å²) in [4.78, 5) is 27.6. The third-order valence-corrected chi connectivity index (χ3v) is 3.10. The van der Waals surface area contributed by atoms with Crippen LogP contribution in [0.4, 0.5) is 0 Å². The van der Waals surface area contributed by atoms with Crippen molar-refractivity contribution < 1.29 is 14.3 Å². The number of benzene rings is 1. The minimum Gasteiger partial charge on any atom is -0.494 e. The molecular weight excluding hydrogens is 294 g/mol. The van der Waals surface area contributed by atoms with Crippen molar-refractivity contribution in [3.05, 3.63) is 59.9 Å². The Bertz CT molecular complexity index is 642. The van der Waals surface area contributed by atoms with Crippen LogP contribution in [0.1, 0.15) is 40.5 Å². The molecule has 2 amide bonds. The number of hydrazine groups is 1. The fraction of sp³-hybridized carbons (Fsp3) is 0.235. The van der Waals surface area contributed by atoms with Crippen molar-refractivity contribution in [2.75, 3.05) is 6.61 Å². The number of pyridine rings is 1. The summed E-state index contributed by atoms with van der Waals surface area (Å²) in [5.41, 5.74) is 5.50. The highest BCUT2D eigenvalue weighted by Gasteiger charge is 2.09. The molecule has 0 bridgehead atoms. The molecule has 1 heterocycles. The van der Waals surface area contributed by atoms with Gasteiger partial charge in [-0.25, -0.2) is 0 Å². The van der Waals surface area contributed by atoms with E-state index in [1.54, 1.807) is 42.6 Å². The molecule has 0 aliphatic carbocycles. The van der Waals surface area contributed by atoms with Crippen LogP contribution < -0.4 is 15.6 Å². The van der Waals surface area contributed by atoms with E-state index in [-0.39, 0.29) is 0 Å². The van der Waals surface area contributed by atoms with E-state index in [0.717, 1.165) is 18.6 Å². The number of nitrogens with zero attached hydrogens (tertiary/aromatic N) is 1. The van der Waals surface area contributed by atoms with E-state index in [1.807, 2.05) is 0 Å². The van der Waals surface area contributed by atoms with Gasteiger partial charge in [0.05, 0.1) is 12.2 Å². The highest BCUT2D eigenvalue weighted by atomic mass is 16.5. The van der Waals surface area contributed by atoms with Gasteiger partial charge in [0.1, 0.15) is 5.75 Å². The fourth-order valence-corrected chi connectivity index (χ4v) is 1.79. The summed E-state index contributed by atoms with van der Waals surface area (Å²) < 4.78 is 5.53. The number of rotatable bonds is 6. The molecular formula is C17H19N3O3. The number of nitrogens with one attached hydrogen (secondary N) is 2. The van der Waals surface area contributed by atoms with Crippen molar-refractivity contribution in [1.82, 2.24) is 15.8 Å². The summed E-state index contributed by atoms with van der Waals surface area (Å²) in [5.74, 6) is -0.109. The number of hydrogen-bond acceptors (Lipinski definition) is 4. The standard InChI is InChI=1S/C17H19N3O3/c1-2-3-11-23-15-8-6-13(7-9-15)16(21)19-20-17(22)14-5-4-10-18-12-14/h4-10,12H,2-3,11H2,1H3,(H,19,21)(H,20,22). The first-order chi connectivity index (χ1) is 11.2. The first-order valence-electron chi connectivity index (χ1n) is 7.44. The maximum atomic E-state index is 12.0. The smallest absolute Gasteiger partial charge is 0.271 e. The molecule has 120 valence electrons. The molecule has 0 atom stereocenters. The molecule has 6 heteroatoms. The van der Waals surface area contributed by atoms with E-state index < -0.39 is 11.8 Å². The van der Waals surface area contributed by atoms with Crippen LogP contribution in [0.15, 0.2) is 48.8 Å². The van der Waals surface area contributed by atoms with Gasteiger partial charge in [-0.15, -0.1) is 0 Å². The predicted octanol–water partition coefficient (Wildman–Crippen LogP) is 2.34. The summed E-state index contributed by atoms with van der Waals surface area (Å²) in [6.45, 7) is 2.75. The number of carbonyl (C=O) groups excluding carboxylic acids is 2. The second-order valence-corrected chi connectivity index (χ2v) is 4.88. The Hall–Kier alpha value is -2.89. The third-order valence-electron chi connectivity index (χ3n) is 3.10. The van der Waals surface area contributed by atoms with Crippen LogP contribution in [0.25, 0.3) is 0 Å². The highest BCUT2D eigenvalue weighted by Crippen LogP contribution is 2.12. The Balaban J connectivity index is 1.84. The molecule has 0 aliphatic heterocycles. The van der Waals surface area contributed by atoms with E-state index in [0.29, 0.717) is 17.7 Å². The molecule has 0 spiro atoms. The average Bonchev–Trinajstić information content (AvgIpc) is 2.61. The van der Waals surface area contributed by atoms with Crippen molar-refractivity contribution in [1.29, 1.82) is 0 Å². The largest absolute Gasteiger partial charge is 0.494 e. The lowest BCUT2D eigenvalue weighted by Crippen LogP contribution is -2.41. The first-order valence-corrected chi connectivity index (χ1v) is 7.44. The van der Waals surface area contributed by atoms with Crippen LogP contribution in [0, 0.1) is 0 Å². The lowest BCUT2D eigenvalue weighted by molar-refractivity contribution is 0.0846. The number of hydrogen-bond donors (Lipinski definition) is 2. The number of unbranched alkanes of at least 4 members (excludes halogenated alkanes) is 1. The van der Waals surface area contributed by atoms with Crippen LogP contribution in [0.5, 0.6) is 5.75 Å². The normalized spacial score (nSPS) is 9.96. The lowest BCUT2D eigenvalue weighted by atomic mass is 10.2. The maximum absolute atomic E-state index is 12.0. The minimum atomic E-state index is -0.425. The van der Waals surface area contributed by atoms with Gasteiger partial charge in [0.15, 0.2) is 0 Å². The van der Waals surface area contributed by atoms with Crippen molar-refractivity contribution >= 4 is 11.8 Å². The summed E-state index contributed by atoms with van der Waals surface area (Å²) in [6.07, 6.45) is 5.04. The number of ether oxygens (including phenoxy) is 1. The SMILES string of the molecule is CCCCOc1ccc(C(=O)NNC(=O)c2cccnc2)cc1. The van der Waals surface area contributed by atoms with E-state index in [9.17, 15) is 9.59 Å². The van der Waals surface area contributed by atoms with Gasteiger partial charge in [0.25, 0.3) is 11.8 Å². The van der Waals surface area contributed by atoms with Gasteiger partial charge in [-0.1, -0.05) is 13.3 Å². The topological polar surface area (TPSA) is 80.3 Å². The van der Waals surface area contributed by atoms with E-state index in [1.165, 1.54) is 6.20 Å². The number of amides is 2. The molecule has 0 fully saturated rings. The zero-order valence-corrected chi connectivity index (χ0v) is 12.9. The molecule has 0 unspecified atom stereocenters. The van der Waals surface area contributed by atoms with Gasteiger partial charge in [-0.3, -0.25) is 25.4 Å². The minimum absolute atomic E-state index is 0.368. The molecule has 0 radical (unpaired) electrons. The monoisotopic (exact) mass is 313 g/mol. The second-order valence-electron chi connectivity index (χ2n) is 4.88. The fourth-order valence-electron chi connectivity index (χ4n) is 1.79. The zero-order chi connectivity index (χ0) is 16.5. The average molecular weight is 313 g/mol. The summed E-state index contributed by atoms with van der Waals surface area (Å²) in [7, 11) is 0. The summed E-state index contributed by atoms with van der Waals surface area (Å²) in [6, 6.07) is 10.0. The van der Waals surface area contributed by atoms with Crippen LogP contribution in [-0.2, 0) is 0 Å². The summed E-state index contributed by atoms with van der Waals surface area (Å²) in [5, 5.41) is 0. The predicted molar refractivity (Wildman–Crippen MR) is 86.0 cm³/mol. The third kappa shape index (κ3) is 5.10. The molecule has 0 saturated carbocycles. The van der Waals surface area contributed by atoms with Gasteiger partial charge >= 0.3 is 0 Å². The van der Waals surface area contributed by atoms with Gasteiger partial charge in [0, 0.05) is 18.0 Å². The lowest BCUT2D eigenvalue weighted by Gasteiger charge is -2.08. The van der Waals surface area contributed by atoms with Crippen LogP contribution in [0.2, 0.25) is 0 Å². The number of aromatic nitrogens is 1. The molecule has 1 aromatic carbocycles. The Labute approximate surface area is 134 Å². The molecule has 0 aliphatic rings. The Kier molecular flexibility index (Phi) is 6.11. The molecule has 6 nitrogen and oxygen atoms in total. The molecule has 23 heavy (non-hydrogen) atoms. The first kappa shape index (κ1) is 16.5. The van der Waals surface area contributed by atoms with Gasteiger partial charge in [-0.05, 0) is 42.8 Å². The van der Waals surface area contributed by atoms with Crippen molar-refractivity contribution in [2.24, 2.45) is 0 Å². The Morgan fingerprint density at radius 3 is 2.35 bits per heavy atom. The van der Waals surface area contributed by atoms with Gasteiger partial charge in [-0.2, -0.15) is 0 Å². The number of carbonyl (C=O) groups is 2. The van der Waals surface area contributed by atoms with Crippen molar-refractivity contribution in [2.45, 2.75) is 19.8 Å². The highest BCUT2D eigenvalue weighted by molar-refractivity contribution is 5.98. The van der Waals surface area contributed by atoms with Crippen molar-refractivity contribution in [3.8, 4) is 5.75 Å². The van der Waals surface area contributed by atoms with Crippen molar-refractivity contribution in [3.63, 3.8) is 0 Å². The Morgan fingerprint density at radius 2 is 1.74 bits per heavy atom. The van der Waals surface area contributed by atoms with Gasteiger partial charge in [0.2, 0.25) is 0 Å². The zero-order valence-electron chi connectivity index (χ0n) is 12.9. The second kappa shape index (κ2) is 8.53.